The Morgan fingerprint density at radius 3 is 2.72 bits per heavy atom. The minimum absolute atomic E-state index is 0.210. The molecule has 18 heavy (non-hydrogen) atoms. The van der Waals surface area contributed by atoms with E-state index in [1.165, 1.54) is 38.5 Å². The van der Waals surface area contributed by atoms with Crippen molar-refractivity contribution >= 4 is 5.91 Å². The molecule has 0 spiro atoms. The maximum Gasteiger partial charge on any atom is 0.248 e. The van der Waals surface area contributed by atoms with Crippen LogP contribution >= 0.6 is 0 Å². The molecule has 0 aromatic carbocycles. The first-order chi connectivity index (χ1) is 8.84. The second-order valence-electron chi connectivity index (χ2n) is 5.94. The molecule has 2 atom stereocenters. The number of carbonyl (C=O) groups is 1. The van der Waals surface area contributed by atoms with Crippen LogP contribution < -0.4 is 5.32 Å². The number of ether oxygens (including phenoxy) is 1. The first-order valence-electron chi connectivity index (χ1n) is 7.46. The molecular weight excluding hydrogens is 228 g/mol. The van der Waals surface area contributed by atoms with Gasteiger partial charge in [-0.2, -0.15) is 0 Å². The Morgan fingerprint density at radius 1 is 1.17 bits per heavy atom. The quantitative estimate of drug-likeness (QED) is 0.802. The van der Waals surface area contributed by atoms with Gasteiger partial charge in [-0.05, 0) is 38.1 Å². The molecule has 1 amide bonds. The summed E-state index contributed by atoms with van der Waals surface area (Å²) in [5.74, 6) is 0.803. The summed E-state index contributed by atoms with van der Waals surface area (Å²) in [6, 6.07) is 0.500. The highest BCUT2D eigenvalue weighted by molar-refractivity contribution is 5.78. The van der Waals surface area contributed by atoms with Crippen LogP contribution in [-0.4, -0.2) is 49.2 Å². The number of morpholine rings is 1. The standard InChI is InChI=1S/C14H24N2O2/c17-14-10-18-13(11-4-3-7-15-8-11)9-16(14)12-5-1-2-6-12/h11-13,15H,1-10H2. The summed E-state index contributed by atoms with van der Waals surface area (Å²) in [7, 11) is 0. The highest BCUT2D eigenvalue weighted by Gasteiger charge is 2.36. The molecule has 0 aromatic rings. The predicted molar refractivity (Wildman–Crippen MR) is 69.3 cm³/mol. The van der Waals surface area contributed by atoms with E-state index in [-0.39, 0.29) is 12.0 Å². The zero-order valence-corrected chi connectivity index (χ0v) is 11.1. The number of carbonyl (C=O) groups excluding carboxylic acids is 1. The minimum atomic E-state index is 0.210. The minimum Gasteiger partial charge on any atom is -0.366 e. The lowest BCUT2D eigenvalue weighted by molar-refractivity contribution is -0.156. The van der Waals surface area contributed by atoms with Crippen LogP contribution in [0.5, 0.6) is 0 Å². The fourth-order valence-corrected chi connectivity index (χ4v) is 3.66. The molecule has 2 aliphatic heterocycles. The Balaban J connectivity index is 1.61. The van der Waals surface area contributed by atoms with Gasteiger partial charge in [0.25, 0.3) is 0 Å². The third-order valence-electron chi connectivity index (χ3n) is 4.74. The van der Waals surface area contributed by atoms with Crippen molar-refractivity contribution in [3.8, 4) is 0 Å². The van der Waals surface area contributed by atoms with E-state index in [0.717, 1.165) is 19.6 Å². The lowest BCUT2D eigenvalue weighted by atomic mass is 9.92. The first kappa shape index (κ1) is 12.4. The Bertz CT molecular complexity index is 296. The third-order valence-corrected chi connectivity index (χ3v) is 4.74. The van der Waals surface area contributed by atoms with Crippen molar-refractivity contribution in [1.82, 2.24) is 10.2 Å². The van der Waals surface area contributed by atoms with Gasteiger partial charge in [0.05, 0.1) is 6.10 Å². The van der Waals surface area contributed by atoms with Crippen LogP contribution in [0, 0.1) is 5.92 Å². The predicted octanol–water partition coefficient (Wildman–Crippen LogP) is 1.16. The molecule has 4 nitrogen and oxygen atoms in total. The van der Waals surface area contributed by atoms with Crippen molar-refractivity contribution in [2.75, 3.05) is 26.2 Å². The van der Waals surface area contributed by atoms with E-state index in [2.05, 4.69) is 10.2 Å². The third kappa shape index (κ3) is 2.54. The van der Waals surface area contributed by atoms with Crippen LogP contribution in [0.4, 0.5) is 0 Å². The average Bonchev–Trinajstić information content (AvgIpc) is 2.94. The van der Waals surface area contributed by atoms with Gasteiger partial charge in [0.1, 0.15) is 6.61 Å². The number of rotatable bonds is 2. The molecule has 102 valence electrons. The molecule has 3 rings (SSSR count). The molecule has 3 fully saturated rings. The number of nitrogens with zero attached hydrogens (tertiary/aromatic N) is 1. The first-order valence-corrected chi connectivity index (χ1v) is 7.46. The summed E-state index contributed by atoms with van der Waals surface area (Å²) in [6.07, 6.45) is 7.70. The summed E-state index contributed by atoms with van der Waals surface area (Å²) >= 11 is 0. The highest BCUT2D eigenvalue weighted by atomic mass is 16.5. The van der Waals surface area contributed by atoms with Crippen LogP contribution in [-0.2, 0) is 9.53 Å². The zero-order valence-electron chi connectivity index (χ0n) is 11.1. The Labute approximate surface area is 109 Å². The van der Waals surface area contributed by atoms with Crippen molar-refractivity contribution in [1.29, 1.82) is 0 Å². The Morgan fingerprint density at radius 2 is 2.00 bits per heavy atom. The van der Waals surface area contributed by atoms with Crippen molar-refractivity contribution in [2.45, 2.75) is 50.7 Å². The normalized spacial score (nSPS) is 35.1. The topological polar surface area (TPSA) is 41.6 Å². The number of hydrogen-bond acceptors (Lipinski definition) is 3. The lowest BCUT2D eigenvalue weighted by Gasteiger charge is -2.40. The number of piperidine rings is 1. The van der Waals surface area contributed by atoms with E-state index in [1.54, 1.807) is 0 Å². The molecule has 2 saturated heterocycles. The molecule has 0 aromatic heterocycles. The average molecular weight is 252 g/mol. The fraction of sp³-hybridized carbons (Fsp3) is 0.929. The van der Waals surface area contributed by atoms with Crippen molar-refractivity contribution in [3.05, 3.63) is 0 Å². The molecule has 2 unspecified atom stereocenters. The maximum absolute atomic E-state index is 12.0. The second kappa shape index (κ2) is 5.57. The number of amides is 1. The van der Waals surface area contributed by atoms with Crippen molar-refractivity contribution in [3.63, 3.8) is 0 Å². The summed E-state index contributed by atoms with van der Waals surface area (Å²) in [5, 5.41) is 3.44. The van der Waals surface area contributed by atoms with Crippen molar-refractivity contribution in [2.24, 2.45) is 5.92 Å². The molecule has 0 bridgehead atoms. The van der Waals surface area contributed by atoms with Gasteiger partial charge in [-0.1, -0.05) is 12.8 Å². The summed E-state index contributed by atoms with van der Waals surface area (Å²) in [5.41, 5.74) is 0. The monoisotopic (exact) mass is 252 g/mol. The molecule has 3 aliphatic rings. The van der Waals surface area contributed by atoms with E-state index >= 15 is 0 Å². The smallest absolute Gasteiger partial charge is 0.248 e. The van der Waals surface area contributed by atoms with Crippen LogP contribution in [0.25, 0.3) is 0 Å². The molecule has 2 heterocycles. The van der Waals surface area contributed by atoms with E-state index in [0.29, 0.717) is 18.6 Å². The van der Waals surface area contributed by atoms with Crippen LogP contribution in [0.1, 0.15) is 38.5 Å². The highest BCUT2D eigenvalue weighted by Crippen LogP contribution is 2.28. The van der Waals surface area contributed by atoms with Gasteiger partial charge in [-0.3, -0.25) is 4.79 Å². The summed E-state index contributed by atoms with van der Waals surface area (Å²) < 4.78 is 5.79. The second-order valence-corrected chi connectivity index (χ2v) is 5.94. The van der Waals surface area contributed by atoms with Gasteiger partial charge in [0.15, 0.2) is 0 Å². The van der Waals surface area contributed by atoms with E-state index in [9.17, 15) is 4.79 Å². The van der Waals surface area contributed by atoms with E-state index < -0.39 is 0 Å². The SMILES string of the molecule is O=C1COC(C2CCCNC2)CN1C1CCCC1. The summed E-state index contributed by atoms with van der Waals surface area (Å²) in [6.45, 7) is 3.32. The van der Waals surface area contributed by atoms with Gasteiger partial charge in [0, 0.05) is 19.1 Å². The van der Waals surface area contributed by atoms with Gasteiger partial charge in [-0.15, -0.1) is 0 Å². The molecule has 4 heteroatoms. The molecule has 0 radical (unpaired) electrons. The molecule has 1 saturated carbocycles. The molecule has 1 N–H and O–H groups in total. The number of nitrogens with one attached hydrogen (secondary N) is 1. The van der Waals surface area contributed by atoms with Crippen LogP contribution in [0.2, 0.25) is 0 Å². The van der Waals surface area contributed by atoms with Crippen LogP contribution in [0.3, 0.4) is 0 Å². The van der Waals surface area contributed by atoms with Gasteiger partial charge >= 0.3 is 0 Å². The Hall–Kier alpha value is -0.610. The fourth-order valence-electron chi connectivity index (χ4n) is 3.66. The number of hydrogen-bond donors (Lipinski definition) is 1. The van der Waals surface area contributed by atoms with E-state index in [1.807, 2.05) is 0 Å². The largest absolute Gasteiger partial charge is 0.366 e. The summed E-state index contributed by atoms with van der Waals surface area (Å²) in [4.78, 5) is 14.1. The maximum atomic E-state index is 12.0. The van der Waals surface area contributed by atoms with Crippen molar-refractivity contribution < 1.29 is 9.53 Å². The lowest BCUT2D eigenvalue weighted by Crippen LogP contribution is -2.54. The zero-order chi connectivity index (χ0) is 12.4. The van der Waals surface area contributed by atoms with Gasteiger partial charge in [-0.25, -0.2) is 0 Å². The van der Waals surface area contributed by atoms with Gasteiger partial charge in [0.2, 0.25) is 5.91 Å². The van der Waals surface area contributed by atoms with Gasteiger partial charge < -0.3 is 15.0 Å². The molecular formula is C14H24N2O2. The van der Waals surface area contributed by atoms with Crippen LogP contribution in [0.15, 0.2) is 0 Å². The molecule has 1 aliphatic carbocycles. The Kier molecular flexibility index (Phi) is 3.85. The van der Waals surface area contributed by atoms with E-state index in [4.69, 9.17) is 4.74 Å².